The molecule has 1 aliphatic rings. The molecule has 0 spiro atoms. The minimum absolute atomic E-state index is 0.117. The fourth-order valence-electron chi connectivity index (χ4n) is 1.54. The van der Waals surface area contributed by atoms with E-state index >= 15 is 0 Å². The molecule has 0 heterocycles. The van der Waals surface area contributed by atoms with E-state index < -0.39 is 11.7 Å². The maximum atomic E-state index is 11.6. The van der Waals surface area contributed by atoms with Gasteiger partial charge in [0.15, 0.2) is 0 Å². The third-order valence-corrected chi connectivity index (χ3v) is 2.40. The van der Waals surface area contributed by atoms with Gasteiger partial charge in [0, 0.05) is 17.5 Å². The number of rotatable bonds is 5. The minimum atomic E-state index is -0.507. The van der Waals surface area contributed by atoms with Crippen LogP contribution in [0.3, 0.4) is 0 Å². The third-order valence-electron chi connectivity index (χ3n) is 2.40. The molecule has 1 aliphatic carbocycles. The van der Waals surface area contributed by atoms with Crippen molar-refractivity contribution in [1.82, 2.24) is 5.32 Å². The zero-order chi connectivity index (χ0) is 12.9. The van der Waals surface area contributed by atoms with Gasteiger partial charge < -0.3 is 10.1 Å². The molecule has 6 nitrogen and oxygen atoms in total. The molecule has 0 aromatic carbocycles. The van der Waals surface area contributed by atoms with Gasteiger partial charge in [-0.05, 0) is 38.6 Å². The summed E-state index contributed by atoms with van der Waals surface area (Å²) < 4.78 is 5.17. The molecule has 0 radical (unpaired) electrons. The van der Waals surface area contributed by atoms with E-state index in [1.54, 1.807) is 0 Å². The molecule has 1 rings (SSSR count). The van der Waals surface area contributed by atoms with Crippen molar-refractivity contribution in [1.29, 1.82) is 0 Å². The SMILES string of the molecule is CC(C)(C)OC(=O)N[C@@H](CN=[N+]=[N-])CC1CC1. The molecule has 1 atom stereocenters. The van der Waals surface area contributed by atoms with Gasteiger partial charge in [0.05, 0.1) is 0 Å². The molecule has 0 aliphatic heterocycles. The number of alkyl carbamates (subject to hydrolysis) is 1. The normalized spacial score (nSPS) is 16.9. The summed E-state index contributed by atoms with van der Waals surface area (Å²) in [6.07, 6.45) is 2.81. The van der Waals surface area contributed by atoms with Gasteiger partial charge in [0.25, 0.3) is 0 Å². The predicted octanol–water partition coefficient (Wildman–Crippen LogP) is 2.99. The summed E-state index contributed by atoms with van der Waals surface area (Å²) in [5.74, 6) is 0.656. The van der Waals surface area contributed by atoms with Gasteiger partial charge >= 0.3 is 6.09 Å². The molecule has 0 aromatic heterocycles. The molecule has 0 aromatic rings. The lowest BCUT2D eigenvalue weighted by atomic mass is 10.1. The second-order valence-electron chi connectivity index (χ2n) is 5.44. The van der Waals surface area contributed by atoms with Crippen molar-refractivity contribution in [2.75, 3.05) is 6.54 Å². The van der Waals surface area contributed by atoms with E-state index in [1.165, 1.54) is 12.8 Å². The number of amides is 1. The van der Waals surface area contributed by atoms with Crippen molar-refractivity contribution >= 4 is 6.09 Å². The van der Waals surface area contributed by atoms with E-state index in [0.717, 1.165) is 6.42 Å². The van der Waals surface area contributed by atoms with Crippen LogP contribution in [0.15, 0.2) is 5.11 Å². The number of nitrogens with zero attached hydrogens (tertiary/aromatic N) is 3. The molecule has 0 unspecified atom stereocenters. The average molecular weight is 240 g/mol. The van der Waals surface area contributed by atoms with Gasteiger partial charge in [-0.15, -0.1) is 0 Å². The predicted molar refractivity (Wildman–Crippen MR) is 64.5 cm³/mol. The Morgan fingerprint density at radius 3 is 2.71 bits per heavy atom. The van der Waals surface area contributed by atoms with Crippen LogP contribution in [0.1, 0.15) is 40.0 Å². The standard InChI is InChI=1S/C11H20N4O2/c1-11(2,3)17-10(16)14-9(7-13-15-12)6-8-4-5-8/h8-9H,4-7H2,1-3H3,(H,14,16)/t9-/m1/s1. The van der Waals surface area contributed by atoms with Gasteiger partial charge in [0.2, 0.25) is 0 Å². The van der Waals surface area contributed by atoms with E-state index in [1.807, 2.05) is 20.8 Å². The second kappa shape index (κ2) is 5.77. The number of hydrogen-bond donors (Lipinski definition) is 1. The summed E-state index contributed by atoms with van der Waals surface area (Å²) in [5, 5.41) is 6.27. The molecule has 17 heavy (non-hydrogen) atoms. The van der Waals surface area contributed by atoms with E-state index in [4.69, 9.17) is 10.3 Å². The zero-order valence-electron chi connectivity index (χ0n) is 10.6. The zero-order valence-corrected chi connectivity index (χ0v) is 10.6. The van der Waals surface area contributed by atoms with E-state index in [9.17, 15) is 4.79 Å². The van der Waals surface area contributed by atoms with Gasteiger partial charge in [-0.1, -0.05) is 18.0 Å². The summed E-state index contributed by atoms with van der Waals surface area (Å²) >= 11 is 0. The van der Waals surface area contributed by atoms with E-state index in [2.05, 4.69) is 15.3 Å². The third kappa shape index (κ3) is 6.68. The van der Waals surface area contributed by atoms with Crippen LogP contribution in [-0.4, -0.2) is 24.3 Å². The summed E-state index contributed by atoms with van der Waals surface area (Å²) in [6.45, 7) is 5.73. The summed E-state index contributed by atoms with van der Waals surface area (Å²) in [4.78, 5) is 14.3. The average Bonchev–Trinajstić information content (AvgIpc) is 2.94. The molecule has 96 valence electrons. The molecule has 1 saturated carbocycles. The molecule has 1 N–H and O–H groups in total. The summed E-state index contributed by atoms with van der Waals surface area (Å²) in [5.41, 5.74) is 7.79. The highest BCUT2D eigenvalue weighted by molar-refractivity contribution is 5.68. The highest BCUT2D eigenvalue weighted by Crippen LogP contribution is 2.33. The molecule has 0 saturated heterocycles. The quantitative estimate of drug-likeness (QED) is 0.455. The van der Waals surface area contributed by atoms with E-state index in [-0.39, 0.29) is 12.6 Å². The molecule has 6 heteroatoms. The van der Waals surface area contributed by atoms with Crippen molar-refractivity contribution in [2.24, 2.45) is 11.0 Å². The Kier molecular flexibility index (Phi) is 4.63. The number of carbonyl (C=O) groups is 1. The van der Waals surface area contributed by atoms with Gasteiger partial charge in [0.1, 0.15) is 5.60 Å². The van der Waals surface area contributed by atoms with Crippen molar-refractivity contribution in [2.45, 2.75) is 51.7 Å². The van der Waals surface area contributed by atoms with Crippen LogP contribution in [0.4, 0.5) is 4.79 Å². The summed E-state index contributed by atoms with van der Waals surface area (Å²) in [7, 11) is 0. The fourth-order valence-corrected chi connectivity index (χ4v) is 1.54. The largest absolute Gasteiger partial charge is 0.444 e. The Balaban J connectivity index is 2.40. The molecular formula is C11H20N4O2. The van der Waals surface area contributed by atoms with Crippen LogP contribution < -0.4 is 5.32 Å². The molecular weight excluding hydrogens is 220 g/mol. The van der Waals surface area contributed by atoms with Crippen molar-refractivity contribution in [3.05, 3.63) is 10.4 Å². The van der Waals surface area contributed by atoms with Crippen molar-refractivity contribution in [3.63, 3.8) is 0 Å². The minimum Gasteiger partial charge on any atom is -0.444 e. The molecule has 1 fully saturated rings. The maximum absolute atomic E-state index is 11.6. The Morgan fingerprint density at radius 1 is 1.59 bits per heavy atom. The van der Waals surface area contributed by atoms with Crippen molar-refractivity contribution in [3.8, 4) is 0 Å². The first kappa shape index (κ1) is 13.6. The van der Waals surface area contributed by atoms with Crippen molar-refractivity contribution < 1.29 is 9.53 Å². The fraction of sp³-hybridized carbons (Fsp3) is 0.909. The molecule has 0 bridgehead atoms. The maximum Gasteiger partial charge on any atom is 0.407 e. The first-order valence-electron chi connectivity index (χ1n) is 5.91. The summed E-state index contributed by atoms with van der Waals surface area (Å²) in [6, 6.07) is -0.117. The highest BCUT2D eigenvalue weighted by Gasteiger charge is 2.27. The van der Waals surface area contributed by atoms with Crippen LogP contribution in [0.5, 0.6) is 0 Å². The lowest BCUT2D eigenvalue weighted by Crippen LogP contribution is -2.40. The van der Waals surface area contributed by atoms with Gasteiger partial charge in [-0.25, -0.2) is 4.79 Å². The van der Waals surface area contributed by atoms with Crippen LogP contribution in [0.2, 0.25) is 0 Å². The number of carbonyl (C=O) groups excluding carboxylic acids is 1. The number of azide groups is 1. The molecule has 1 amide bonds. The smallest absolute Gasteiger partial charge is 0.407 e. The number of nitrogens with one attached hydrogen (secondary N) is 1. The van der Waals surface area contributed by atoms with Crippen LogP contribution in [-0.2, 0) is 4.74 Å². The number of ether oxygens (including phenoxy) is 1. The van der Waals surface area contributed by atoms with Gasteiger partial charge in [-0.2, -0.15) is 0 Å². The number of hydrogen-bond acceptors (Lipinski definition) is 3. The lowest BCUT2D eigenvalue weighted by Gasteiger charge is -2.22. The van der Waals surface area contributed by atoms with Crippen LogP contribution in [0.25, 0.3) is 10.4 Å². The monoisotopic (exact) mass is 240 g/mol. The lowest BCUT2D eigenvalue weighted by molar-refractivity contribution is 0.0502. The van der Waals surface area contributed by atoms with Crippen LogP contribution in [0, 0.1) is 5.92 Å². The van der Waals surface area contributed by atoms with Crippen LogP contribution >= 0.6 is 0 Å². The first-order chi connectivity index (χ1) is 7.90. The topological polar surface area (TPSA) is 87.1 Å². The van der Waals surface area contributed by atoms with E-state index in [0.29, 0.717) is 5.92 Å². The Morgan fingerprint density at radius 2 is 2.24 bits per heavy atom. The Labute approximate surface area is 101 Å². The van der Waals surface area contributed by atoms with Gasteiger partial charge in [-0.3, -0.25) is 0 Å². The Hall–Kier alpha value is -1.42. The Bertz CT molecular complexity index is 314. The first-order valence-corrected chi connectivity index (χ1v) is 5.91. The highest BCUT2D eigenvalue weighted by atomic mass is 16.6. The second-order valence-corrected chi connectivity index (χ2v) is 5.44.